The first-order valence-corrected chi connectivity index (χ1v) is 7.58. The van der Waals surface area contributed by atoms with Crippen molar-refractivity contribution in [1.29, 1.82) is 0 Å². The maximum Gasteiger partial charge on any atom is 0.280 e. The minimum absolute atomic E-state index is 0.0213. The number of aromatic nitrogens is 3. The molecule has 0 unspecified atom stereocenters. The number of rotatable bonds is 1. The van der Waals surface area contributed by atoms with E-state index in [1.807, 2.05) is 24.3 Å². The van der Waals surface area contributed by atoms with Crippen LogP contribution in [0.4, 0.5) is 0 Å². The number of halogens is 1. The smallest absolute Gasteiger partial charge is 0.280 e. The van der Waals surface area contributed by atoms with Gasteiger partial charge in [0.2, 0.25) is 0 Å². The number of thiazole rings is 1. The summed E-state index contributed by atoms with van der Waals surface area (Å²) >= 11 is 7.45. The van der Waals surface area contributed by atoms with Gasteiger partial charge in [0, 0.05) is 23.6 Å². The molecule has 0 saturated carbocycles. The Hall–Kier alpha value is -1.72. The van der Waals surface area contributed by atoms with Crippen molar-refractivity contribution in [2.75, 3.05) is 0 Å². The lowest BCUT2D eigenvalue weighted by Gasteiger charge is -1.99. The first-order valence-electron chi connectivity index (χ1n) is 6.38. The standard InChI is InChI=1S/C14H10ClN3OS/c15-9-4-1-3-8(7-9)12-17-11-13(20-12)16-10-5-2-6-18(10)14(11)19/h1,3-4,7H,2,5-6H2. The van der Waals surface area contributed by atoms with E-state index in [1.54, 1.807) is 4.57 Å². The van der Waals surface area contributed by atoms with Crippen molar-refractivity contribution >= 4 is 33.3 Å². The predicted octanol–water partition coefficient (Wildman–Crippen LogP) is 3.12. The summed E-state index contributed by atoms with van der Waals surface area (Å²) in [7, 11) is 0. The van der Waals surface area contributed by atoms with Gasteiger partial charge in [-0.2, -0.15) is 0 Å². The second kappa shape index (κ2) is 4.40. The molecule has 0 bridgehead atoms. The average molecular weight is 304 g/mol. The van der Waals surface area contributed by atoms with Gasteiger partial charge in [-0.05, 0) is 18.6 Å². The molecular formula is C14H10ClN3OS. The highest BCUT2D eigenvalue weighted by Crippen LogP contribution is 2.29. The first-order chi connectivity index (χ1) is 9.72. The van der Waals surface area contributed by atoms with Crippen molar-refractivity contribution in [3.05, 3.63) is 45.5 Å². The van der Waals surface area contributed by atoms with Crippen LogP contribution in [0.5, 0.6) is 0 Å². The molecular weight excluding hydrogens is 294 g/mol. The van der Waals surface area contributed by atoms with E-state index in [9.17, 15) is 4.79 Å². The molecule has 4 rings (SSSR count). The molecule has 1 aromatic carbocycles. The Labute approximate surface area is 123 Å². The molecule has 0 saturated heterocycles. The molecule has 6 heteroatoms. The van der Waals surface area contributed by atoms with Gasteiger partial charge in [-0.1, -0.05) is 35.1 Å². The molecule has 3 heterocycles. The van der Waals surface area contributed by atoms with Gasteiger partial charge < -0.3 is 0 Å². The van der Waals surface area contributed by atoms with Gasteiger partial charge in [-0.15, -0.1) is 0 Å². The highest BCUT2D eigenvalue weighted by molar-refractivity contribution is 7.21. The highest BCUT2D eigenvalue weighted by Gasteiger charge is 2.19. The van der Waals surface area contributed by atoms with Crippen molar-refractivity contribution in [3.8, 4) is 10.6 Å². The quantitative estimate of drug-likeness (QED) is 0.694. The largest absolute Gasteiger partial charge is 0.295 e. The topological polar surface area (TPSA) is 47.8 Å². The minimum atomic E-state index is -0.0213. The lowest BCUT2D eigenvalue weighted by atomic mass is 10.2. The fourth-order valence-corrected chi connectivity index (χ4v) is 3.65. The van der Waals surface area contributed by atoms with Gasteiger partial charge in [-0.25, -0.2) is 9.97 Å². The highest BCUT2D eigenvalue weighted by atomic mass is 35.5. The van der Waals surface area contributed by atoms with Crippen LogP contribution in [-0.2, 0) is 13.0 Å². The summed E-state index contributed by atoms with van der Waals surface area (Å²) < 4.78 is 1.74. The van der Waals surface area contributed by atoms with E-state index in [2.05, 4.69) is 9.97 Å². The van der Waals surface area contributed by atoms with Crippen LogP contribution < -0.4 is 5.56 Å². The number of aryl methyl sites for hydroxylation is 1. The Balaban J connectivity index is 1.96. The van der Waals surface area contributed by atoms with Crippen LogP contribution in [0.1, 0.15) is 12.2 Å². The van der Waals surface area contributed by atoms with Gasteiger partial charge >= 0.3 is 0 Å². The molecule has 0 spiro atoms. The van der Waals surface area contributed by atoms with Crippen molar-refractivity contribution < 1.29 is 0 Å². The summed E-state index contributed by atoms with van der Waals surface area (Å²) in [6.45, 7) is 0.751. The van der Waals surface area contributed by atoms with Gasteiger partial charge in [0.15, 0.2) is 10.3 Å². The summed E-state index contributed by atoms with van der Waals surface area (Å²) in [4.78, 5) is 22.1. The van der Waals surface area contributed by atoms with E-state index in [4.69, 9.17) is 11.6 Å². The van der Waals surface area contributed by atoms with Gasteiger partial charge in [-0.3, -0.25) is 9.36 Å². The molecule has 0 amide bonds. The molecule has 0 radical (unpaired) electrons. The normalized spacial score (nSPS) is 13.8. The summed E-state index contributed by atoms with van der Waals surface area (Å²) in [5.41, 5.74) is 1.37. The van der Waals surface area contributed by atoms with Crippen LogP contribution in [0.25, 0.3) is 20.9 Å². The van der Waals surface area contributed by atoms with Crippen LogP contribution in [0.2, 0.25) is 5.02 Å². The molecule has 4 nitrogen and oxygen atoms in total. The Bertz CT molecular complexity index is 884. The zero-order valence-electron chi connectivity index (χ0n) is 10.5. The first kappa shape index (κ1) is 12.1. The maximum absolute atomic E-state index is 12.4. The predicted molar refractivity (Wildman–Crippen MR) is 80.4 cm³/mol. The molecule has 20 heavy (non-hydrogen) atoms. The fraction of sp³-hybridized carbons (Fsp3) is 0.214. The molecule has 0 fully saturated rings. The van der Waals surface area contributed by atoms with Crippen LogP contribution in [0.3, 0.4) is 0 Å². The third-order valence-electron chi connectivity index (χ3n) is 3.45. The molecule has 2 aromatic heterocycles. The number of hydrogen-bond acceptors (Lipinski definition) is 4. The number of benzene rings is 1. The number of nitrogens with zero attached hydrogens (tertiary/aromatic N) is 3. The van der Waals surface area contributed by atoms with Crippen LogP contribution in [-0.4, -0.2) is 14.5 Å². The molecule has 1 aliphatic heterocycles. The molecule has 1 aliphatic rings. The van der Waals surface area contributed by atoms with E-state index in [-0.39, 0.29) is 5.56 Å². The maximum atomic E-state index is 12.4. The van der Waals surface area contributed by atoms with E-state index in [1.165, 1.54) is 11.3 Å². The van der Waals surface area contributed by atoms with Gasteiger partial charge in [0.1, 0.15) is 10.8 Å². The Morgan fingerprint density at radius 1 is 1.30 bits per heavy atom. The van der Waals surface area contributed by atoms with Crippen LogP contribution in [0.15, 0.2) is 29.1 Å². The molecule has 0 N–H and O–H groups in total. The summed E-state index contributed by atoms with van der Waals surface area (Å²) in [6, 6.07) is 7.49. The lowest BCUT2D eigenvalue weighted by Crippen LogP contribution is -2.20. The molecule has 0 atom stereocenters. The Kier molecular flexibility index (Phi) is 2.65. The van der Waals surface area contributed by atoms with Crippen LogP contribution in [0, 0.1) is 0 Å². The summed E-state index contributed by atoms with van der Waals surface area (Å²) in [5, 5.41) is 1.45. The second-order valence-electron chi connectivity index (χ2n) is 4.77. The third kappa shape index (κ3) is 1.77. The fourth-order valence-electron chi connectivity index (χ4n) is 2.51. The lowest BCUT2D eigenvalue weighted by molar-refractivity contribution is 0.718. The Morgan fingerprint density at radius 3 is 3.05 bits per heavy atom. The van der Waals surface area contributed by atoms with E-state index in [0.29, 0.717) is 10.5 Å². The third-order valence-corrected chi connectivity index (χ3v) is 4.69. The minimum Gasteiger partial charge on any atom is -0.295 e. The SMILES string of the molecule is O=c1c2nc(-c3cccc(Cl)c3)sc2nc2n1CCC2. The van der Waals surface area contributed by atoms with E-state index < -0.39 is 0 Å². The summed E-state index contributed by atoms with van der Waals surface area (Å²) in [5.74, 6) is 0.879. The number of hydrogen-bond donors (Lipinski definition) is 0. The van der Waals surface area contributed by atoms with Crippen molar-refractivity contribution in [2.45, 2.75) is 19.4 Å². The monoisotopic (exact) mass is 303 g/mol. The van der Waals surface area contributed by atoms with Crippen molar-refractivity contribution in [3.63, 3.8) is 0 Å². The van der Waals surface area contributed by atoms with Gasteiger partial charge in [0.25, 0.3) is 5.56 Å². The second-order valence-corrected chi connectivity index (χ2v) is 6.19. The van der Waals surface area contributed by atoms with Crippen LogP contribution >= 0.6 is 22.9 Å². The number of fused-ring (bicyclic) bond motifs is 2. The zero-order valence-corrected chi connectivity index (χ0v) is 12.0. The average Bonchev–Trinajstić information content (AvgIpc) is 3.05. The molecule has 3 aromatic rings. The molecule has 0 aliphatic carbocycles. The molecule has 100 valence electrons. The summed E-state index contributed by atoms with van der Waals surface area (Å²) in [6.07, 6.45) is 1.86. The van der Waals surface area contributed by atoms with E-state index in [0.717, 1.165) is 40.6 Å². The van der Waals surface area contributed by atoms with Gasteiger partial charge in [0.05, 0.1) is 0 Å². The zero-order chi connectivity index (χ0) is 13.7. The van der Waals surface area contributed by atoms with Crippen molar-refractivity contribution in [2.24, 2.45) is 0 Å². The Morgan fingerprint density at radius 2 is 2.20 bits per heavy atom. The van der Waals surface area contributed by atoms with Crippen molar-refractivity contribution in [1.82, 2.24) is 14.5 Å². The van der Waals surface area contributed by atoms with E-state index >= 15 is 0 Å².